The topological polar surface area (TPSA) is 71.2 Å². The van der Waals surface area contributed by atoms with E-state index in [0.29, 0.717) is 6.54 Å². The SMILES string of the molecule is Cc1c(C)n(-c2ccccc2)c2ncnc(N3CCCC(C(=O)O)C3)c12. The first kappa shape index (κ1) is 16.6. The molecule has 1 aliphatic heterocycles. The van der Waals surface area contributed by atoms with Crippen LogP contribution in [-0.4, -0.2) is 38.7 Å². The molecular weight excluding hydrogens is 328 g/mol. The third kappa shape index (κ3) is 2.62. The van der Waals surface area contributed by atoms with Crippen molar-refractivity contribution in [2.75, 3.05) is 18.0 Å². The van der Waals surface area contributed by atoms with Crippen molar-refractivity contribution in [2.24, 2.45) is 5.92 Å². The molecule has 26 heavy (non-hydrogen) atoms. The zero-order valence-electron chi connectivity index (χ0n) is 15.0. The van der Waals surface area contributed by atoms with Crippen LogP contribution >= 0.6 is 0 Å². The molecule has 0 spiro atoms. The standard InChI is InChI=1S/C20H22N4O2/c1-13-14(2)24(16-8-4-3-5-9-16)19-17(13)18(21-12-22-19)23-10-6-7-15(11-23)20(25)26/h3-5,8-9,12,15H,6-7,10-11H2,1-2H3,(H,25,26). The first-order valence-electron chi connectivity index (χ1n) is 8.93. The van der Waals surface area contributed by atoms with E-state index in [9.17, 15) is 9.90 Å². The van der Waals surface area contributed by atoms with E-state index in [2.05, 4.69) is 45.4 Å². The van der Waals surface area contributed by atoms with Crippen LogP contribution in [0.1, 0.15) is 24.1 Å². The third-order valence-corrected chi connectivity index (χ3v) is 5.36. The normalized spacial score (nSPS) is 17.6. The molecule has 0 amide bonds. The molecule has 1 aliphatic rings. The van der Waals surface area contributed by atoms with E-state index in [0.717, 1.165) is 53.2 Å². The summed E-state index contributed by atoms with van der Waals surface area (Å²) >= 11 is 0. The second-order valence-electron chi connectivity index (χ2n) is 6.90. The van der Waals surface area contributed by atoms with E-state index in [-0.39, 0.29) is 5.92 Å². The average molecular weight is 350 g/mol. The van der Waals surface area contributed by atoms with Gasteiger partial charge in [0.25, 0.3) is 0 Å². The highest BCUT2D eigenvalue weighted by Crippen LogP contribution is 2.34. The quantitative estimate of drug-likeness (QED) is 0.784. The molecule has 0 aliphatic carbocycles. The number of carbonyl (C=O) groups is 1. The first-order chi connectivity index (χ1) is 12.6. The van der Waals surface area contributed by atoms with E-state index < -0.39 is 5.97 Å². The Labute approximate surface area is 152 Å². The molecule has 1 N–H and O–H groups in total. The Morgan fingerprint density at radius 3 is 2.69 bits per heavy atom. The first-order valence-corrected chi connectivity index (χ1v) is 8.93. The summed E-state index contributed by atoms with van der Waals surface area (Å²) in [6, 6.07) is 10.2. The van der Waals surface area contributed by atoms with Gasteiger partial charge in [0.2, 0.25) is 0 Å². The maximum atomic E-state index is 11.4. The molecule has 3 aromatic rings. The van der Waals surface area contributed by atoms with Crippen LogP contribution in [0.25, 0.3) is 16.7 Å². The molecule has 0 bridgehead atoms. The predicted molar refractivity (Wildman–Crippen MR) is 101 cm³/mol. The van der Waals surface area contributed by atoms with Gasteiger partial charge in [0.05, 0.1) is 11.3 Å². The molecule has 1 saturated heterocycles. The van der Waals surface area contributed by atoms with Crippen LogP contribution in [0.4, 0.5) is 5.82 Å². The Hall–Kier alpha value is -2.89. The van der Waals surface area contributed by atoms with Crippen molar-refractivity contribution in [3.63, 3.8) is 0 Å². The van der Waals surface area contributed by atoms with Crippen molar-refractivity contribution in [3.8, 4) is 5.69 Å². The molecule has 1 atom stereocenters. The van der Waals surface area contributed by atoms with Crippen LogP contribution in [0.15, 0.2) is 36.7 Å². The summed E-state index contributed by atoms with van der Waals surface area (Å²) in [6.45, 7) is 5.49. The van der Waals surface area contributed by atoms with E-state index in [1.165, 1.54) is 0 Å². The summed E-state index contributed by atoms with van der Waals surface area (Å²) in [7, 11) is 0. The van der Waals surface area contributed by atoms with Crippen molar-refractivity contribution in [1.29, 1.82) is 0 Å². The number of rotatable bonds is 3. The minimum Gasteiger partial charge on any atom is -0.481 e. The van der Waals surface area contributed by atoms with Crippen molar-refractivity contribution in [3.05, 3.63) is 47.9 Å². The number of piperidine rings is 1. The van der Waals surface area contributed by atoms with Gasteiger partial charge in [-0.3, -0.25) is 9.36 Å². The molecule has 2 aromatic heterocycles. The highest BCUT2D eigenvalue weighted by Gasteiger charge is 2.28. The largest absolute Gasteiger partial charge is 0.481 e. The summed E-state index contributed by atoms with van der Waals surface area (Å²) in [4.78, 5) is 22.6. The maximum Gasteiger partial charge on any atom is 0.308 e. The van der Waals surface area contributed by atoms with Gasteiger partial charge < -0.3 is 10.0 Å². The lowest BCUT2D eigenvalue weighted by Crippen LogP contribution is -2.39. The molecule has 4 rings (SSSR count). The number of hydrogen-bond acceptors (Lipinski definition) is 4. The summed E-state index contributed by atoms with van der Waals surface area (Å²) in [5.41, 5.74) is 4.19. The lowest BCUT2D eigenvalue weighted by molar-refractivity contribution is -0.141. The van der Waals surface area contributed by atoms with Crippen molar-refractivity contribution in [1.82, 2.24) is 14.5 Å². The Morgan fingerprint density at radius 2 is 1.96 bits per heavy atom. The fourth-order valence-corrected chi connectivity index (χ4v) is 3.88. The summed E-state index contributed by atoms with van der Waals surface area (Å²) in [6.07, 6.45) is 3.17. The molecule has 1 fully saturated rings. The number of aromatic nitrogens is 3. The second-order valence-corrected chi connectivity index (χ2v) is 6.90. The van der Waals surface area contributed by atoms with Gasteiger partial charge in [-0.1, -0.05) is 18.2 Å². The molecule has 6 nitrogen and oxygen atoms in total. The van der Waals surface area contributed by atoms with Gasteiger partial charge in [0.1, 0.15) is 12.1 Å². The lowest BCUT2D eigenvalue weighted by atomic mass is 9.98. The summed E-state index contributed by atoms with van der Waals surface area (Å²) in [5, 5.41) is 10.4. The van der Waals surface area contributed by atoms with Crippen LogP contribution < -0.4 is 4.90 Å². The fraction of sp³-hybridized carbons (Fsp3) is 0.350. The van der Waals surface area contributed by atoms with Crippen LogP contribution in [0, 0.1) is 19.8 Å². The van der Waals surface area contributed by atoms with Crippen molar-refractivity contribution < 1.29 is 9.90 Å². The van der Waals surface area contributed by atoms with Gasteiger partial charge in [-0.15, -0.1) is 0 Å². The van der Waals surface area contributed by atoms with Crippen molar-refractivity contribution in [2.45, 2.75) is 26.7 Å². The highest BCUT2D eigenvalue weighted by atomic mass is 16.4. The van der Waals surface area contributed by atoms with Gasteiger partial charge in [-0.2, -0.15) is 0 Å². The number of aryl methyl sites for hydroxylation is 1. The Morgan fingerprint density at radius 1 is 1.19 bits per heavy atom. The number of para-hydroxylation sites is 1. The highest BCUT2D eigenvalue weighted by molar-refractivity contribution is 5.93. The number of hydrogen-bond donors (Lipinski definition) is 1. The molecule has 6 heteroatoms. The fourth-order valence-electron chi connectivity index (χ4n) is 3.88. The number of anilines is 1. The van der Waals surface area contributed by atoms with E-state index in [1.807, 2.05) is 18.2 Å². The number of nitrogens with zero attached hydrogens (tertiary/aromatic N) is 4. The van der Waals surface area contributed by atoms with Gasteiger partial charge in [0, 0.05) is 24.5 Å². The zero-order valence-corrected chi connectivity index (χ0v) is 15.0. The zero-order chi connectivity index (χ0) is 18.3. The Kier molecular flexibility index (Phi) is 4.11. The molecular formula is C20H22N4O2. The molecule has 1 aromatic carbocycles. The summed E-state index contributed by atoms with van der Waals surface area (Å²) in [5.74, 6) is -0.225. The maximum absolute atomic E-state index is 11.4. The van der Waals surface area contributed by atoms with E-state index in [4.69, 9.17) is 0 Å². The lowest BCUT2D eigenvalue weighted by Gasteiger charge is -2.32. The molecule has 3 heterocycles. The van der Waals surface area contributed by atoms with Crippen LogP contribution in [0.5, 0.6) is 0 Å². The number of aliphatic carboxylic acids is 1. The molecule has 0 radical (unpaired) electrons. The smallest absolute Gasteiger partial charge is 0.308 e. The van der Waals surface area contributed by atoms with Gasteiger partial charge in [-0.25, -0.2) is 9.97 Å². The molecule has 134 valence electrons. The van der Waals surface area contributed by atoms with E-state index >= 15 is 0 Å². The van der Waals surface area contributed by atoms with Crippen LogP contribution in [0.3, 0.4) is 0 Å². The van der Waals surface area contributed by atoms with Crippen molar-refractivity contribution >= 4 is 22.8 Å². The number of carboxylic acid groups (broad SMARTS) is 1. The van der Waals surface area contributed by atoms with Gasteiger partial charge in [-0.05, 0) is 44.4 Å². The molecule has 0 saturated carbocycles. The third-order valence-electron chi connectivity index (χ3n) is 5.36. The van der Waals surface area contributed by atoms with Crippen LogP contribution in [-0.2, 0) is 4.79 Å². The number of carboxylic acids is 1. The second kappa shape index (κ2) is 6.44. The monoisotopic (exact) mass is 350 g/mol. The minimum atomic E-state index is -0.727. The van der Waals surface area contributed by atoms with E-state index in [1.54, 1.807) is 6.33 Å². The van der Waals surface area contributed by atoms with Gasteiger partial charge in [0.15, 0.2) is 5.65 Å². The Balaban J connectivity index is 1.87. The average Bonchev–Trinajstić information content (AvgIpc) is 2.93. The number of benzene rings is 1. The predicted octanol–water partition coefficient (Wildman–Crippen LogP) is 3.34. The Bertz CT molecular complexity index is 965. The summed E-state index contributed by atoms with van der Waals surface area (Å²) < 4.78 is 2.15. The van der Waals surface area contributed by atoms with Gasteiger partial charge >= 0.3 is 5.97 Å². The number of fused-ring (bicyclic) bond motifs is 1. The molecule has 1 unspecified atom stereocenters. The van der Waals surface area contributed by atoms with Crippen LogP contribution in [0.2, 0.25) is 0 Å². The minimum absolute atomic E-state index is 0.341.